The van der Waals surface area contributed by atoms with Crippen LogP contribution in [0.25, 0.3) is 10.9 Å². The average Bonchev–Trinajstić information content (AvgIpc) is 3.25. The predicted molar refractivity (Wildman–Crippen MR) is 149 cm³/mol. The van der Waals surface area contributed by atoms with Crippen molar-refractivity contribution in [1.82, 2.24) is 14.7 Å². The van der Waals surface area contributed by atoms with Crippen molar-refractivity contribution in [3.05, 3.63) is 93.7 Å². The van der Waals surface area contributed by atoms with E-state index in [4.69, 9.17) is 14.6 Å². The standard InChI is InChI=1S/C29H30IN3O3/c30-29-25-19-24(14-15-26(25)33(31-29)27-13-7-8-18-35-27)36-28(34)16-17-32(20-22-9-3-1-4-10-22)21-23-11-5-2-6-12-23/h1-6,9-12,14-15,19,27H,7-8,13,16-18,20-21H2. The Balaban J connectivity index is 1.24. The lowest BCUT2D eigenvalue weighted by molar-refractivity contribution is -0.134. The predicted octanol–water partition coefficient (Wildman–Crippen LogP) is 6.34. The lowest BCUT2D eigenvalue weighted by Crippen LogP contribution is -2.26. The van der Waals surface area contributed by atoms with Gasteiger partial charge in [-0.2, -0.15) is 5.10 Å². The molecule has 6 nitrogen and oxygen atoms in total. The summed E-state index contributed by atoms with van der Waals surface area (Å²) in [5, 5.41) is 5.68. The number of esters is 1. The van der Waals surface area contributed by atoms with Gasteiger partial charge in [-0.1, -0.05) is 60.7 Å². The molecule has 1 fully saturated rings. The van der Waals surface area contributed by atoms with Crippen molar-refractivity contribution < 1.29 is 14.3 Å². The van der Waals surface area contributed by atoms with Crippen LogP contribution >= 0.6 is 22.6 Å². The van der Waals surface area contributed by atoms with Crippen molar-refractivity contribution in [3.63, 3.8) is 0 Å². The van der Waals surface area contributed by atoms with Gasteiger partial charge in [-0.15, -0.1) is 0 Å². The Morgan fingerprint density at radius 2 is 1.69 bits per heavy atom. The van der Waals surface area contributed by atoms with Crippen LogP contribution in [0, 0.1) is 3.70 Å². The van der Waals surface area contributed by atoms with Gasteiger partial charge in [0.05, 0.1) is 11.9 Å². The summed E-state index contributed by atoms with van der Waals surface area (Å²) >= 11 is 2.24. The van der Waals surface area contributed by atoms with Crippen LogP contribution in [-0.2, 0) is 22.6 Å². The smallest absolute Gasteiger partial charge is 0.312 e. The number of rotatable bonds is 9. The Hall–Kier alpha value is -2.75. The molecule has 1 unspecified atom stereocenters. The fourth-order valence-corrected chi connectivity index (χ4v) is 5.28. The third-order valence-corrected chi connectivity index (χ3v) is 7.22. The lowest BCUT2D eigenvalue weighted by atomic mass is 10.1. The number of hydrogen-bond donors (Lipinski definition) is 0. The number of carbonyl (C=O) groups is 1. The molecule has 4 aromatic rings. The molecule has 0 radical (unpaired) electrons. The Morgan fingerprint density at radius 1 is 1.00 bits per heavy atom. The molecule has 36 heavy (non-hydrogen) atoms. The Labute approximate surface area is 225 Å². The van der Waals surface area contributed by atoms with E-state index in [0.717, 1.165) is 53.6 Å². The molecule has 1 aromatic heterocycles. The van der Waals surface area contributed by atoms with E-state index in [1.165, 1.54) is 11.1 Å². The van der Waals surface area contributed by atoms with E-state index in [-0.39, 0.29) is 12.2 Å². The van der Waals surface area contributed by atoms with E-state index >= 15 is 0 Å². The van der Waals surface area contributed by atoms with E-state index in [9.17, 15) is 4.79 Å². The van der Waals surface area contributed by atoms with Crippen LogP contribution in [0.1, 0.15) is 43.0 Å². The first kappa shape index (κ1) is 24.9. The number of benzene rings is 3. The van der Waals surface area contributed by atoms with Crippen molar-refractivity contribution in [3.8, 4) is 5.75 Å². The molecule has 0 amide bonds. The van der Waals surface area contributed by atoms with E-state index in [2.05, 4.69) is 51.8 Å². The van der Waals surface area contributed by atoms with Gasteiger partial charge in [-0.25, -0.2) is 4.68 Å². The quantitative estimate of drug-likeness (QED) is 0.129. The molecule has 2 heterocycles. The first-order valence-electron chi connectivity index (χ1n) is 12.5. The van der Waals surface area contributed by atoms with Crippen LogP contribution in [0.3, 0.4) is 0 Å². The van der Waals surface area contributed by atoms with Gasteiger partial charge < -0.3 is 9.47 Å². The third-order valence-electron chi connectivity index (χ3n) is 6.42. The molecule has 1 aliphatic heterocycles. The topological polar surface area (TPSA) is 56.6 Å². The highest BCUT2D eigenvalue weighted by Gasteiger charge is 2.21. The van der Waals surface area contributed by atoms with Gasteiger partial charge in [0.25, 0.3) is 0 Å². The SMILES string of the molecule is O=C(CCN(Cc1ccccc1)Cc1ccccc1)Oc1ccc2c(c1)c(I)nn2C1CCCCO1. The summed E-state index contributed by atoms with van der Waals surface area (Å²) in [5.74, 6) is 0.311. The molecule has 0 N–H and O–H groups in total. The molecule has 7 heteroatoms. The van der Waals surface area contributed by atoms with Crippen molar-refractivity contribution in [2.75, 3.05) is 13.2 Å². The molecule has 0 spiro atoms. The van der Waals surface area contributed by atoms with E-state index < -0.39 is 0 Å². The number of ether oxygens (including phenoxy) is 2. The van der Waals surface area contributed by atoms with Crippen molar-refractivity contribution in [1.29, 1.82) is 0 Å². The van der Waals surface area contributed by atoms with Gasteiger partial charge in [0, 0.05) is 31.6 Å². The molecule has 0 saturated carbocycles. The maximum atomic E-state index is 12.8. The zero-order valence-corrected chi connectivity index (χ0v) is 22.3. The Morgan fingerprint density at radius 3 is 2.33 bits per heavy atom. The highest BCUT2D eigenvalue weighted by molar-refractivity contribution is 14.1. The number of nitrogens with zero attached hydrogens (tertiary/aromatic N) is 3. The molecule has 186 valence electrons. The molecule has 5 rings (SSSR count). The highest BCUT2D eigenvalue weighted by atomic mass is 127. The number of halogens is 1. The Bertz CT molecular complexity index is 1250. The van der Waals surface area contributed by atoms with E-state index in [1.54, 1.807) is 0 Å². The number of aromatic nitrogens is 2. The fraction of sp³-hybridized carbons (Fsp3) is 0.310. The lowest BCUT2D eigenvalue weighted by Gasteiger charge is -2.23. The van der Waals surface area contributed by atoms with Crippen LogP contribution < -0.4 is 4.74 Å². The summed E-state index contributed by atoms with van der Waals surface area (Å²) in [6.07, 6.45) is 3.49. The van der Waals surface area contributed by atoms with Crippen LogP contribution in [-0.4, -0.2) is 33.8 Å². The van der Waals surface area contributed by atoms with Crippen LogP contribution in [0.4, 0.5) is 0 Å². The average molecular weight is 595 g/mol. The molecule has 0 aliphatic carbocycles. The molecular formula is C29H30IN3O3. The number of carbonyl (C=O) groups excluding carboxylic acids is 1. The summed E-state index contributed by atoms with van der Waals surface area (Å²) < 4.78 is 14.5. The summed E-state index contributed by atoms with van der Waals surface area (Å²) in [7, 11) is 0. The summed E-state index contributed by atoms with van der Waals surface area (Å²) in [4.78, 5) is 15.1. The minimum absolute atomic E-state index is 0.0293. The molecular weight excluding hydrogens is 565 g/mol. The van der Waals surface area contributed by atoms with E-state index in [0.29, 0.717) is 18.7 Å². The Kier molecular flexibility index (Phi) is 8.30. The second kappa shape index (κ2) is 12.0. The van der Waals surface area contributed by atoms with Crippen molar-refractivity contribution >= 4 is 39.5 Å². The second-order valence-corrected chi connectivity index (χ2v) is 10.2. The van der Waals surface area contributed by atoms with Crippen molar-refractivity contribution in [2.24, 2.45) is 0 Å². The van der Waals surface area contributed by atoms with E-state index in [1.807, 2.05) is 59.3 Å². The number of hydrogen-bond acceptors (Lipinski definition) is 5. The second-order valence-electron chi connectivity index (χ2n) is 9.14. The summed E-state index contributed by atoms with van der Waals surface area (Å²) in [6.45, 7) is 2.92. The van der Waals surface area contributed by atoms with Gasteiger partial charge in [0.15, 0.2) is 6.23 Å². The fourth-order valence-electron chi connectivity index (χ4n) is 4.61. The van der Waals surface area contributed by atoms with Gasteiger partial charge in [-0.3, -0.25) is 9.69 Å². The largest absolute Gasteiger partial charge is 0.426 e. The minimum atomic E-state index is -0.238. The number of fused-ring (bicyclic) bond motifs is 1. The third kappa shape index (κ3) is 6.32. The maximum Gasteiger partial charge on any atom is 0.312 e. The summed E-state index contributed by atoms with van der Waals surface area (Å²) in [5.41, 5.74) is 3.45. The first-order valence-corrected chi connectivity index (χ1v) is 13.5. The molecule has 1 saturated heterocycles. The first-order chi connectivity index (χ1) is 17.7. The molecule has 1 aliphatic rings. The molecule has 1 atom stereocenters. The van der Waals surface area contributed by atoms with Crippen molar-refractivity contribution in [2.45, 2.75) is 45.0 Å². The molecule has 3 aromatic carbocycles. The van der Waals surface area contributed by atoms with Gasteiger partial charge in [0.1, 0.15) is 9.45 Å². The van der Waals surface area contributed by atoms with Gasteiger partial charge in [0.2, 0.25) is 0 Å². The minimum Gasteiger partial charge on any atom is -0.426 e. The zero-order chi connectivity index (χ0) is 24.7. The van der Waals surface area contributed by atoms with Gasteiger partial charge >= 0.3 is 5.97 Å². The van der Waals surface area contributed by atoms with Crippen LogP contribution in [0.2, 0.25) is 0 Å². The highest BCUT2D eigenvalue weighted by Crippen LogP contribution is 2.31. The maximum absolute atomic E-state index is 12.8. The van der Waals surface area contributed by atoms with Crippen LogP contribution in [0.5, 0.6) is 5.75 Å². The monoisotopic (exact) mass is 595 g/mol. The normalized spacial score (nSPS) is 15.9. The summed E-state index contributed by atoms with van der Waals surface area (Å²) in [6, 6.07) is 26.4. The zero-order valence-electron chi connectivity index (χ0n) is 20.2. The molecule has 0 bridgehead atoms. The van der Waals surface area contributed by atoms with Gasteiger partial charge in [-0.05, 0) is 71.2 Å². The van der Waals surface area contributed by atoms with Crippen LogP contribution in [0.15, 0.2) is 78.9 Å².